The monoisotopic (exact) mass is 199 g/mol. The molecule has 0 amide bonds. The molecule has 0 fully saturated rings. The first-order valence-electron chi connectivity index (χ1n) is 5.08. The van der Waals surface area contributed by atoms with Crippen molar-refractivity contribution in [2.75, 3.05) is 13.1 Å². The number of rotatable bonds is 5. The molecule has 5 N–H and O–H groups in total. The minimum atomic E-state index is 0.0452. The third-order valence-electron chi connectivity index (χ3n) is 1.53. The van der Waals surface area contributed by atoms with Gasteiger partial charge in [-0.05, 0) is 12.8 Å². The smallest absolute Gasteiger partial charge is 0.221 e. The molecule has 0 spiro atoms. The maximum absolute atomic E-state index is 5.28. The van der Waals surface area contributed by atoms with E-state index in [4.69, 9.17) is 11.5 Å². The van der Waals surface area contributed by atoms with Crippen molar-refractivity contribution < 1.29 is 0 Å². The molecule has 14 heavy (non-hydrogen) atoms. The van der Waals surface area contributed by atoms with Crippen molar-refractivity contribution in [1.82, 2.24) is 5.32 Å². The summed E-state index contributed by atoms with van der Waals surface area (Å²) in [5.41, 5.74) is 10.6. The van der Waals surface area contributed by atoms with Gasteiger partial charge in [0.2, 0.25) is 5.96 Å². The van der Waals surface area contributed by atoms with Crippen LogP contribution in [0.3, 0.4) is 0 Å². The predicted octanol–water partition coefficient (Wildman–Crippen LogP) is 0.416. The van der Waals surface area contributed by atoms with Crippen LogP contribution in [0, 0.1) is 0 Å². The van der Waals surface area contributed by atoms with Crippen LogP contribution in [-0.4, -0.2) is 25.0 Å². The number of nitrogens with two attached hydrogens (primary N) is 2. The summed E-state index contributed by atoms with van der Waals surface area (Å²) in [5, 5.41) is 3.09. The van der Waals surface area contributed by atoms with Crippen LogP contribution in [0.15, 0.2) is 9.98 Å². The molecular formula is C9H21N5. The van der Waals surface area contributed by atoms with Crippen molar-refractivity contribution in [2.45, 2.75) is 33.1 Å². The Balaban J connectivity index is 4.04. The molecule has 0 aliphatic heterocycles. The molecule has 5 heteroatoms. The minimum absolute atomic E-state index is 0.0452. The fourth-order valence-electron chi connectivity index (χ4n) is 0.848. The van der Waals surface area contributed by atoms with Gasteiger partial charge in [0.25, 0.3) is 0 Å². The van der Waals surface area contributed by atoms with E-state index in [9.17, 15) is 0 Å². The average Bonchev–Trinajstić information content (AvgIpc) is 2.13. The van der Waals surface area contributed by atoms with Crippen molar-refractivity contribution >= 4 is 11.9 Å². The van der Waals surface area contributed by atoms with Crippen molar-refractivity contribution in [3.8, 4) is 0 Å². The number of nitrogens with zero attached hydrogens (tertiary/aromatic N) is 2. The fraction of sp³-hybridized carbons (Fsp3) is 0.778. The van der Waals surface area contributed by atoms with Gasteiger partial charge < -0.3 is 16.8 Å². The first-order chi connectivity index (χ1) is 6.70. The SMILES string of the molecule is CCCCNC(N=C(N)N)=NCCC. The summed E-state index contributed by atoms with van der Waals surface area (Å²) in [6, 6.07) is 0. The van der Waals surface area contributed by atoms with Crippen molar-refractivity contribution in [1.29, 1.82) is 0 Å². The maximum Gasteiger partial charge on any atom is 0.221 e. The Kier molecular flexibility index (Phi) is 7.59. The van der Waals surface area contributed by atoms with Crippen molar-refractivity contribution in [3.05, 3.63) is 0 Å². The fourth-order valence-corrected chi connectivity index (χ4v) is 0.848. The van der Waals surface area contributed by atoms with Gasteiger partial charge in [0, 0.05) is 13.1 Å². The standard InChI is InChI=1S/C9H21N5/c1-3-5-7-13-9(12-6-4-2)14-8(10)11/h3-7H2,1-2H3,(H5,10,11,12,13,14). The van der Waals surface area contributed by atoms with Crippen LogP contribution in [0.5, 0.6) is 0 Å². The Morgan fingerprint density at radius 1 is 1.21 bits per heavy atom. The largest absolute Gasteiger partial charge is 0.370 e. The molecule has 0 aliphatic rings. The number of guanidine groups is 2. The van der Waals surface area contributed by atoms with Crippen molar-refractivity contribution in [2.24, 2.45) is 21.5 Å². The maximum atomic E-state index is 5.28. The van der Waals surface area contributed by atoms with E-state index in [0.717, 1.165) is 32.4 Å². The summed E-state index contributed by atoms with van der Waals surface area (Å²) in [6.45, 7) is 5.79. The molecule has 0 unspecified atom stereocenters. The third kappa shape index (κ3) is 7.39. The van der Waals surface area contributed by atoms with Gasteiger partial charge in [0.1, 0.15) is 0 Å². The van der Waals surface area contributed by atoms with E-state index in [-0.39, 0.29) is 5.96 Å². The highest BCUT2D eigenvalue weighted by atomic mass is 15.2. The van der Waals surface area contributed by atoms with Gasteiger partial charge in [-0.15, -0.1) is 0 Å². The highest BCUT2D eigenvalue weighted by Gasteiger charge is 1.94. The van der Waals surface area contributed by atoms with E-state index >= 15 is 0 Å². The molecule has 0 heterocycles. The number of hydrogen-bond donors (Lipinski definition) is 3. The predicted molar refractivity (Wildman–Crippen MR) is 61.3 cm³/mol. The normalized spacial score (nSPS) is 11.1. The van der Waals surface area contributed by atoms with E-state index in [1.807, 2.05) is 0 Å². The molecule has 0 atom stereocenters. The van der Waals surface area contributed by atoms with Gasteiger partial charge in [0.15, 0.2) is 5.96 Å². The van der Waals surface area contributed by atoms with E-state index in [1.165, 1.54) is 0 Å². The van der Waals surface area contributed by atoms with Gasteiger partial charge in [-0.2, -0.15) is 4.99 Å². The molecule has 0 rings (SSSR count). The van der Waals surface area contributed by atoms with Crippen LogP contribution in [-0.2, 0) is 0 Å². The lowest BCUT2D eigenvalue weighted by Gasteiger charge is -2.04. The number of hydrogen-bond acceptors (Lipinski definition) is 1. The molecule has 0 aliphatic carbocycles. The summed E-state index contributed by atoms with van der Waals surface area (Å²) in [4.78, 5) is 8.11. The molecule has 0 radical (unpaired) electrons. The summed E-state index contributed by atoms with van der Waals surface area (Å²) < 4.78 is 0. The molecule has 0 saturated heterocycles. The van der Waals surface area contributed by atoms with Gasteiger partial charge in [-0.3, -0.25) is 4.99 Å². The van der Waals surface area contributed by atoms with Gasteiger partial charge in [0.05, 0.1) is 0 Å². The second-order valence-corrected chi connectivity index (χ2v) is 3.02. The zero-order valence-corrected chi connectivity index (χ0v) is 9.08. The van der Waals surface area contributed by atoms with Gasteiger partial charge >= 0.3 is 0 Å². The summed E-state index contributed by atoms with van der Waals surface area (Å²) in [5.74, 6) is 0.587. The molecule has 5 nitrogen and oxygen atoms in total. The number of aliphatic imine (C=N–C) groups is 2. The zero-order chi connectivity index (χ0) is 10.8. The molecule has 82 valence electrons. The molecule has 0 aromatic rings. The van der Waals surface area contributed by atoms with Gasteiger partial charge in [-0.25, -0.2) is 0 Å². The van der Waals surface area contributed by atoms with E-state index in [2.05, 4.69) is 29.1 Å². The van der Waals surface area contributed by atoms with Crippen LogP contribution in [0.2, 0.25) is 0 Å². The summed E-state index contributed by atoms with van der Waals surface area (Å²) in [6.07, 6.45) is 3.21. The first kappa shape index (κ1) is 12.7. The Labute approximate surface area is 85.7 Å². The van der Waals surface area contributed by atoms with Crippen LogP contribution >= 0.6 is 0 Å². The number of nitrogens with one attached hydrogen (secondary N) is 1. The van der Waals surface area contributed by atoms with E-state index in [0.29, 0.717) is 5.96 Å². The Bertz CT molecular complexity index is 193. The van der Waals surface area contributed by atoms with E-state index in [1.54, 1.807) is 0 Å². The van der Waals surface area contributed by atoms with E-state index < -0.39 is 0 Å². The quantitative estimate of drug-likeness (QED) is 0.340. The topological polar surface area (TPSA) is 88.8 Å². The Morgan fingerprint density at radius 3 is 2.43 bits per heavy atom. The van der Waals surface area contributed by atoms with Gasteiger partial charge in [-0.1, -0.05) is 20.3 Å². The molecular weight excluding hydrogens is 178 g/mol. The zero-order valence-electron chi connectivity index (χ0n) is 9.08. The van der Waals surface area contributed by atoms with Crippen LogP contribution in [0.1, 0.15) is 33.1 Å². The molecule has 0 bridgehead atoms. The Hall–Kier alpha value is -1.26. The first-order valence-corrected chi connectivity index (χ1v) is 5.08. The van der Waals surface area contributed by atoms with Crippen LogP contribution < -0.4 is 16.8 Å². The van der Waals surface area contributed by atoms with Crippen molar-refractivity contribution in [3.63, 3.8) is 0 Å². The van der Waals surface area contributed by atoms with Crippen LogP contribution in [0.25, 0.3) is 0 Å². The lowest BCUT2D eigenvalue weighted by Crippen LogP contribution is -2.30. The third-order valence-corrected chi connectivity index (χ3v) is 1.53. The lowest BCUT2D eigenvalue weighted by molar-refractivity contribution is 0.747. The molecule has 0 saturated carbocycles. The average molecular weight is 199 g/mol. The Morgan fingerprint density at radius 2 is 1.93 bits per heavy atom. The molecule has 0 aromatic carbocycles. The second-order valence-electron chi connectivity index (χ2n) is 3.02. The second kappa shape index (κ2) is 8.34. The lowest BCUT2D eigenvalue weighted by atomic mass is 10.3. The molecule has 0 aromatic heterocycles. The highest BCUT2D eigenvalue weighted by Crippen LogP contribution is 1.86. The number of unbranched alkanes of at least 4 members (excludes halogenated alkanes) is 1. The van der Waals surface area contributed by atoms with Crippen LogP contribution in [0.4, 0.5) is 0 Å². The summed E-state index contributed by atoms with van der Waals surface area (Å²) >= 11 is 0. The highest BCUT2D eigenvalue weighted by molar-refractivity contribution is 5.93. The minimum Gasteiger partial charge on any atom is -0.370 e. The summed E-state index contributed by atoms with van der Waals surface area (Å²) in [7, 11) is 0.